The molecule has 3 heteroatoms. The van der Waals surface area contributed by atoms with E-state index in [1.54, 1.807) is 0 Å². The first-order valence-electron chi connectivity index (χ1n) is 6.64. The highest BCUT2D eigenvalue weighted by molar-refractivity contribution is 5.41. The monoisotopic (exact) mass is 249 g/mol. The van der Waals surface area contributed by atoms with Crippen LogP contribution in [0, 0.1) is 0 Å². The quantitative estimate of drug-likeness (QED) is 0.784. The Balaban J connectivity index is 1.85. The molecule has 3 nitrogen and oxygen atoms in total. The van der Waals surface area contributed by atoms with Crippen molar-refractivity contribution in [2.45, 2.75) is 32.3 Å². The van der Waals surface area contributed by atoms with E-state index < -0.39 is 0 Å². The molecule has 0 saturated carbocycles. The molecule has 0 saturated heterocycles. The van der Waals surface area contributed by atoms with Gasteiger partial charge in [0.05, 0.1) is 13.2 Å². The zero-order valence-electron chi connectivity index (χ0n) is 11.6. The Bertz CT molecular complexity index is 401. The first-order chi connectivity index (χ1) is 8.61. The second-order valence-corrected chi connectivity index (χ2v) is 5.45. The maximum atomic E-state index is 5.87. The van der Waals surface area contributed by atoms with Crippen molar-refractivity contribution < 1.29 is 9.47 Å². The number of hydrogen-bond acceptors (Lipinski definition) is 3. The van der Waals surface area contributed by atoms with Gasteiger partial charge >= 0.3 is 0 Å². The molecule has 1 heterocycles. The molecule has 0 atom stereocenters. The van der Waals surface area contributed by atoms with Gasteiger partial charge in [-0.3, -0.25) is 0 Å². The van der Waals surface area contributed by atoms with Gasteiger partial charge in [0.15, 0.2) is 0 Å². The summed E-state index contributed by atoms with van der Waals surface area (Å²) in [6.07, 6.45) is 1.97. The van der Waals surface area contributed by atoms with Gasteiger partial charge in [-0.15, -0.1) is 0 Å². The Morgan fingerprint density at radius 3 is 2.94 bits per heavy atom. The van der Waals surface area contributed by atoms with Crippen molar-refractivity contribution in [1.29, 1.82) is 0 Å². The molecule has 0 fully saturated rings. The smallest absolute Gasteiger partial charge is 0.123 e. The average molecular weight is 249 g/mol. The van der Waals surface area contributed by atoms with E-state index >= 15 is 0 Å². The molecule has 18 heavy (non-hydrogen) atoms. The summed E-state index contributed by atoms with van der Waals surface area (Å²) in [5.74, 6) is 1.04. The van der Waals surface area contributed by atoms with Gasteiger partial charge in [0.25, 0.3) is 0 Å². The van der Waals surface area contributed by atoms with E-state index in [2.05, 4.69) is 37.4 Å². The molecule has 0 aliphatic carbocycles. The lowest BCUT2D eigenvalue weighted by Gasteiger charge is -2.16. The minimum Gasteiger partial charge on any atom is -0.487 e. The second-order valence-electron chi connectivity index (χ2n) is 5.45. The minimum atomic E-state index is -0.0513. The lowest BCUT2D eigenvalue weighted by atomic mass is 9.99. The van der Waals surface area contributed by atoms with E-state index in [1.807, 2.05) is 7.05 Å². The summed E-state index contributed by atoms with van der Waals surface area (Å²) in [6, 6.07) is 6.49. The van der Waals surface area contributed by atoms with Gasteiger partial charge in [-0.1, -0.05) is 12.1 Å². The Labute approximate surface area is 109 Å². The molecule has 0 bridgehead atoms. The lowest BCUT2D eigenvalue weighted by molar-refractivity contribution is 0.138. The summed E-state index contributed by atoms with van der Waals surface area (Å²) in [5, 5.41) is 3.07. The first kappa shape index (κ1) is 13.4. The Morgan fingerprint density at radius 2 is 2.17 bits per heavy atom. The van der Waals surface area contributed by atoms with Crippen LogP contribution in [0.25, 0.3) is 0 Å². The van der Waals surface area contributed by atoms with Crippen molar-refractivity contribution in [3.8, 4) is 5.75 Å². The highest BCUT2D eigenvalue weighted by Gasteiger charge is 2.29. The SMILES string of the molecule is CNCCOCCc1ccc2c(c1)CC(C)(C)O2. The third-order valence-electron chi connectivity index (χ3n) is 3.16. The molecule has 1 aromatic carbocycles. The number of fused-ring (bicyclic) bond motifs is 1. The predicted molar refractivity (Wildman–Crippen MR) is 73.3 cm³/mol. The fraction of sp³-hybridized carbons (Fsp3) is 0.600. The maximum absolute atomic E-state index is 5.87. The van der Waals surface area contributed by atoms with Gasteiger partial charge in [0.2, 0.25) is 0 Å². The molecule has 1 N–H and O–H groups in total. The van der Waals surface area contributed by atoms with Crippen LogP contribution in [0.2, 0.25) is 0 Å². The molecular weight excluding hydrogens is 226 g/mol. The van der Waals surface area contributed by atoms with Crippen molar-refractivity contribution in [2.75, 3.05) is 26.8 Å². The van der Waals surface area contributed by atoms with E-state index in [-0.39, 0.29) is 5.60 Å². The lowest BCUT2D eigenvalue weighted by Crippen LogP contribution is -2.24. The van der Waals surface area contributed by atoms with Gasteiger partial charge in [-0.05, 0) is 44.5 Å². The Hall–Kier alpha value is -1.06. The molecule has 0 aromatic heterocycles. The second kappa shape index (κ2) is 5.72. The number of likely N-dealkylation sites (N-methyl/N-ethyl adjacent to an activating group) is 1. The van der Waals surface area contributed by atoms with Crippen molar-refractivity contribution in [2.24, 2.45) is 0 Å². The van der Waals surface area contributed by atoms with Crippen LogP contribution in [0.5, 0.6) is 5.75 Å². The van der Waals surface area contributed by atoms with Crippen LogP contribution >= 0.6 is 0 Å². The maximum Gasteiger partial charge on any atom is 0.123 e. The molecule has 0 spiro atoms. The first-order valence-corrected chi connectivity index (χ1v) is 6.64. The number of hydrogen-bond donors (Lipinski definition) is 1. The molecule has 0 radical (unpaired) electrons. The van der Waals surface area contributed by atoms with Crippen LogP contribution < -0.4 is 10.1 Å². The van der Waals surface area contributed by atoms with Crippen molar-refractivity contribution in [3.05, 3.63) is 29.3 Å². The standard InChI is InChI=1S/C15H23NO2/c1-15(2)11-13-10-12(4-5-14(13)18-15)6-8-17-9-7-16-3/h4-5,10,16H,6-9,11H2,1-3H3. The van der Waals surface area contributed by atoms with Crippen LogP contribution in [0.1, 0.15) is 25.0 Å². The van der Waals surface area contributed by atoms with Crippen LogP contribution in [-0.2, 0) is 17.6 Å². The van der Waals surface area contributed by atoms with Gasteiger partial charge in [-0.25, -0.2) is 0 Å². The van der Waals surface area contributed by atoms with E-state index in [0.29, 0.717) is 0 Å². The van der Waals surface area contributed by atoms with Crippen molar-refractivity contribution in [1.82, 2.24) is 5.32 Å². The fourth-order valence-corrected chi connectivity index (χ4v) is 2.28. The Morgan fingerprint density at radius 1 is 1.33 bits per heavy atom. The fourth-order valence-electron chi connectivity index (χ4n) is 2.28. The van der Waals surface area contributed by atoms with Crippen LogP contribution in [0.4, 0.5) is 0 Å². The normalized spacial score (nSPS) is 16.4. The number of nitrogens with one attached hydrogen (secondary N) is 1. The zero-order chi connectivity index (χ0) is 13.0. The van der Waals surface area contributed by atoms with Gasteiger partial charge in [0.1, 0.15) is 11.4 Å². The van der Waals surface area contributed by atoms with Gasteiger partial charge < -0.3 is 14.8 Å². The van der Waals surface area contributed by atoms with Crippen molar-refractivity contribution in [3.63, 3.8) is 0 Å². The molecular formula is C15H23NO2. The van der Waals surface area contributed by atoms with Gasteiger partial charge in [-0.2, -0.15) is 0 Å². The average Bonchev–Trinajstić information content (AvgIpc) is 2.62. The van der Waals surface area contributed by atoms with Crippen LogP contribution in [-0.4, -0.2) is 32.4 Å². The van der Waals surface area contributed by atoms with Crippen LogP contribution in [0.15, 0.2) is 18.2 Å². The zero-order valence-corrected chi connectivity index (χ0v) is 11.6. The highest BCUT2D eigenvalue weighted by atomic mass is 16.5. The largest absolute Gasteiger partial charge is 0.487 e. The molecule has 0 unspecified atom stereocenters. The topological polar surface area (TPSA) is 30.5 Å². The van der Waals surface area contributed by atoms with Crippen LogP contribution in [0.3, 0.4) is 0 Å². The summed E-state index contributed by atoms with van der Waals surface area (Å²) < 4.78 is 11.4. The molecule has 100 valence electrons. The number of benzene rings is 1. The van der Waals surface area contributed by atoms with E-state index in [9.17, 15) is 0 Å². The van der Waals surface area contributed by atoms with Crippen molar-refractivity contribution >= 4 is 0 Å². The third-order valence-corrected chi connectivity index (χ3v) is 3.16. The summed E-state index contributed by atoms with van der Waals surface area (Å²) >= 11 is 0. The van der Waals surface area contributed by atoms with E-state index in [0.717, 1.165) is 38.3 Å². The van der Waals surface area contributed by atoms with E-state index in [1.165, 1.54) is 11.1 Å². The summed E-state index contributed by atoms with van der Waals surface area (Å²) in [5.41, 5.74) is 2.61. The predicted octanol–water partition coefficient (Wildman–Crippen LogP) is 2.18. The molecule has 2 rings (SSSR count). The molecule has 1 aliphatic rings. The summed E-state index contributed by atoms with van der Waals surface area (Å²) in [4.78, 5) is 0. The Kier molecular flexibility index (Phi) is 4.25. The number of rotatable bonds is 6. The molecule has 1 aromatic rings. The van der Waals surface area contributed by atoms with E-state index in [4.69, 9.17) is 9.47 Å². The summed E-state index contributed by atoms with van der Waals surface area (Å²) in [7, 11) is 1.94. The molecule has 0 amide bonds. The van der Waals surface area contributed by atoms with Gasteiger partial charge in [0, 0.05) is 13.0 Å². The number of ether oxygens (including phenoxy) is 2. The highest BCUT2D eigenvalue weighted by Crippen LogP contribution is 2.35. The third kappa shape index (κ3) is 3.47. The molecule has 1 aliphatic heterocycles. The summed E-state index contributed by atoms with van der Waals surface area (Å²) in [6.45, 7) is 6.73. The minimum absolute atomic E-state index is 0.0513.